The Hall–Kier alpha value is -3.83. The zero-order valence-electron chi connectivity index (χ0n) is 26.5. The van der Waals surface area contributed by atoms with Crippen molar-refractivity contribution in [3.8, 4) is 0 Å². The van der Waals surface area contributed by atoms with Crippen LogP contribution in [0.25, 0.3) is 0 Å². The van der Waals surface area contributed by atoms with E-state index in [1.54, 1.807) is 25.7 Å². The molecule has 0 radical (unpaired) electrons. The second-order valence-corrected chi connectivity index (χ2v) is 13.9. The molecule has 5 rings (SSSR count). The number of fused-ring (bicyclic) bond motifs is 3. The number of benzene rings is 1. The summed E-state index contributed by atoms with van der Waals surface area (Å²) in [6.07, 6.45) is 4.25. The lowest BCUT2D eigenvalue weighted by Gasteiger charge is -2.30. The number of rotatable bonds is 3. The Bertz CT molecular complexity index is 1310. The first kappa shape index (κ1) is 32.6. The van der Waals surface area contributed by atoms with Gasteiger partial charge in [0.2, 0.25) is 11.8 Å². The Kier molecular flexibility index (Phi) is 9.60. The van der Waals surface area contributed by atoms with Crippen molar-refractivity contribution in [2.75, 3.05) is 13.1 Å². The average Bonchev–Trinajstić information content (AvgIpc) is 3.51. The Morgan fingerprint density at radius 3 is 2.42 bits per heavy atom. The van der Waals surface area contributed by atoms with Gasteiger partial charge in [-0.2, -0.15) is 0 Å². The highest BCUT2D eigenvalue weighted by atomic mass is 16.6. The number of alkyl carbamates (subject to hydrolysis) is 1. The van der Waals surface area contributed by atoms with Crippen LogP contribution < -0.4 is 10.6 Å². The third-order valence-electron chi connectivity index (χ3n) is 9.37. The van der Waals surface area contributed by atoms with E-state index in [9.17, 15) is 29.1 Å². The number of nitrogens with one attached hydrogen (secondary N) is 2. The summed E-state index contributed by atoms with van der Waals surface area (Å²) in [5.74, 6) is -2.34. The van der Waals surface area contributed by atoms with Crippen molar-refractivity contribution in [3.05, 3.63) is 35.4 Å². The molecule has 4 aliphatic rings. The molecule has 3 aliphatic heterocycles. The summed E-state index contributed by atoms with van der Waals surface area (Å²) in [6.45, 7) is 6.03. The largest absolute Gasteiger partial charge is 0.479 e. The maximum Gasteiger partial charge on any atom is 0.410 e. The van der Waals surface area contributed by atoms with Crippen LogP contribution in [0.4, 0.5) is 9.59 Å². The Morgan fingerprint density at radius 2 is 1.71 bits per heavy atom. The van der Waals surface area contributed by atoms with E-state index in [0.717, 1.165) is 31.2 Å². The molecule has 246 valence electrons. The van der Waals surface area contributed by atoms with Crippen molar-refractivity contribution in [1.29, 1.82) is 0 Å². The van der Waals surface area contributed by atoms with E-state index in [-0.39, 0.29) is 18.9 Å². The fourth-order valence-corrected chi connectivity index (χ4v) is 6.87. The smallest absolute Gasteiger partial charge is 0.410 e. The number of carbonyl (C=O) groups excluding carboxylic acids is 4. The summed E-state index contributed by atoms with van der Waals surface area (Å²) in [5.41, 5.74) is 0.0903. The molecule has 1 aromatic carbocycles. The number of ether oxygens (including phenoxy) is 2. The van der Waals surface area contributed by atoms with E-state index < -0.39 is 59.3 Å². The Morgan fingerprint density at radius 1 is 1.02 bits per heavy atom. The van der Waals surface area contributed by atoms with Gasteiger partial charge < -0.3 is 35.0 Å². The molecule has 0 spiro atoms. The molecule has 0 bridgehead atoms. The van der Waals surface area contributed by atoms with Crippen LogP contribution in [0.15, 0.2) is 24.3 Å². The van der Waals surface area contributed by atoms with Crippen LogP contribution in [-0.4, -0.2) is 87.3 Å². The summed E-state index contributed by atoms with van der Waals surface area (Å²) in [7, 11) is 0. The molecule has 12 heteroatoms. The van der Waals surface area contributed by atoms with E-state index in [4.69, 9.17) is 9.47 Å². The van der Waals surface area contributed by atoms with Gasteiger partial charge in [-0.05, 0) is 63.5 Å². The first-order valence-electron chi connectivity index (χ1n) is 16.2. The maximum absolute atomic E-state index is 14.1. The molecule has 1 saturated carbocycles. The molecule has 12 nitrogen and oxygen atoms in total. The lowest BCUT2D eigenvalue weighted by atomic mass is 10.0. The number of carboxylic acid groups (broad SMARTS) is 1. The van der Waals surface area contributed by atoms with Gasteiger partial charge in [-0.1, -0.05) is 56.4 Å². The molecule has 1 aromatic rings. The lowest BCUT2D eigenvalue weighted by molar-refractivity contribution is -0.146. The minimum absolute atomic E-state index is 0.0211. The molecule has 0 aromatic heterocycles. The molecule has 0 unspecified atom stereocenters. The highest BCUT2D eigenvalue weighted by Crippen LogP contribution is 2.47. The number of amides is 4. The molecule has 1 aliphatic carbocycles. The van der Waals surface area contributed by atoms with Gasteiger partial charge in [0, 0.05) is 19.5 Å². The third-order valence-corrected chi connectivity index (χ3v) is 9.37. The van der Waals surface area contributed by atoms with Gasteiger partial charge in [0.05, 0.1) is 6.54 Å². The van der Waals surface area contributed by atoms with E-state index in [0.29, 0.717) is 45.2 Å². The predicted molar refractivity (Wildman–Crippen MR) is 163 cm³/mol. The number of hydrogen-bond acceptors (Lipinski definition) is 7. The summed E-state index contributed by atoms with van der Waals surface area (Å²) < 4.78 is 11.3. The number of carbonyl (C=O) groups is 5. The van der Waals surface area contributed by atoms with Gasteiger partial charge >= 0.3 is 18.2 Å². The van der Waals surface area contributed by atoms with Gasteiger partial charge in [-0.15, -0.1) is 0 Å². The Labute approximate surface area is 264 Å². The van der Waals surface area contributed by atoms with Crippen molar-refractivity contribution in [3.63, 3.8) is 0 Å². The van der Waals surface area contributed by atoms with Crippen molar-refractivity contribution in [2.45, 2.75) is 121 Å². The molecule has 45 heavy (non-hydrogen) atoms. The normalized spacial score (nSPS) is 29.1. The fraction of sp³-hybridized carbons (Fsp3) is 0.667. The van der Waals surface area contributed by atoms with Gasteiger partial charge in [-0.3, -0.25) is 9.59 Å². The van der Waals surface area contributed by atoms with Gasteiger partial charge in [0.1, 0.15) is 29.3 Å². The van der Waals surface area contributed by atoms with E-state index in [1.807, 2.05) is 24.3 Å². The number of carboxylic acids is 1. The molecule has 3 heterocycles. The molecular formula is C33H46N4O8. The van der Waals surface area contributed by atoms with Crippen molar-refractivity contribution in [1.82, 2.24) is 20.4 Å². The van der Waals surface area contributed by atoms with Gasteiger partial charge in [0.15, 0.2) is 0 Å². The van der Waals surface area contributed by atoms with Crippen LogP contribution in [0.3, 0.4) is 0 Å². The highest BCUT2D eigenvalue weighted by molar-refractivity contribution is 5.96. The highest BCUT2D eigenvalue weighted by Gasteiger charge is 2.62. The number of aliphatic carboxylic acids is 1. The topological polar surface area (TPSA) is 155 Å². The first-order chi connectivity index (χ1) is 21.4. The fourth-order valence-electron chi connectivity index (χ4n) is 6.87. The lowest BCUT2D eigenvalue weighted by Crippen LogP contribution is -2.56. The molecule has 2 saturated heterocycles. The van der Waals surface area contributed by atoms with Crippen LogP contribution in [0, 0.1) is 5.92 Å². The quantitative estimate of drug-likeness (QED) is 0.459. The van der Waals surface area contributed by atoms with E-state index >= 15 is 0 Å². The van der Waals surface area contributed by atoms with Crippen molar-refractivity contribution < 1.29 is 38.6 Å². The van der Waals surface area contributed by atoms with E-state index in [2.05, 4.69) is 10.6 Å². The molecule has 3 N–H and O–H groups in total. The zero-order valence-corrected chi connectivity index (χ0v) is 26.5. The zero-order chi connectivity index (χ0) is 32.4. The van der Waals surface area contributed by atoms with Gasteiger partial charge in [0.25, 0.3) is 0 Å². The molecule has 5 atom stereocenters. The molecular weight excluding hydrogens is 580 g/mol. The standard InChI is InChI=1S/C33H46N4O8/c1-32(2,3)45-30(42)34-25-14-8-6-4-5-7-13-23-18-33(23,29(40)41)35-27(38)26-17-24(20-37(26)28(25)39)44-31(43)36-16-15-21-11-9-10-12-22(21)19-36/h9-12,23-26H,4-8,13-20H2,1-3H3,(H,34,42)(H,35,38)(H,40,41)/t23-,24-,25+,26+,33-/m1/s1. The van der Waals surface area contributed by atoms with Gasteiger partial charge in [-0.25, -0.2) is 14.4 Å². The maximum atomic E-state index is 14.1. The first-order valence-corrected chi connectivity index (χ1v) is 16.2. The van der Waals surface area contributed by atoms with Crippen LogP contribution in [0.5, 0.6) is 0 Å². The summed E-state index contributed by atoms with van der Waals surface area (Å²) >= 11 is 0. The Balaban J connectivity index is 1.36. The predicted octanol–water partition coefficient (Wildman–Crippen LogP) is 3.75. The van der Waals surface area contributed by atoms with Crippen LogP contribution >= 0.6 is 0 Å². The molecule has 4 amide bonds. The summed E-state index contributed by atoms with van der Waals surface area (Å²) in [6, 6.07) is 5.89. The van der Waals surface area contributed by atoms with Crippen LogP contribution in [0.2, 0.25) is 0 Å². The molecule has 3 fully saturated rings. The minimum Gasteiger partial charge on any atom is -0.479 e. The monoisotopic (exact) mass is 626 g/mol. The van der Waals surface area contributed by atoms with Crippen LogP contribution in [-0.2, 0) is 36.8 Å². The SMILES string of the molecule is CC(C)(C)OC(=O)N[C@H]1CCCCCCC[C@@H]2C[C@@]2(C(=O)O)NC(=O)[C@@H]2C[C@@H](OC(=O)N3CCc4ccccc4C3)CN2C1=O. The van der Waals surface area contributed by atoms with Crippen molar-refractivity contribution >= 4 is 30.0 Å². The number of hydrogen-bond donors (Lipinski definition) is 3. The third kappa shape index (κ3) is 7.70. The second kappa shape index (κ2) is 13.3. The van der Waals surface area contributed by atoms with Crippen LogP contribution in [0.1, 0.15) is 89.7 Å². The number of nitrogens with zero attached hydrogens (tertiary/aromatic N) is 2. The van der Waals surface area contributed by atoms with E-state index in [1.165, 1.54) is 10.5 Å². The average molecular weight is 627 g/mol. The summed E-state index contributed by atoms with van der Waals surface area (Å²) in [4.78, 5) is 69.2. The minimum atomic E-state index is -1.36. The second-order valence-electron chi connectivity index (χ2n) is 13.9. The van der Waals surface area contributed by atoms with Crippen molar-refractivity contribution in [2.24, 2.45) is 5.92 Å². The summed E-state index contributed by atoms with van der Waals surface area (Å²) in [5, 5.41) is 15.6.